The van der Waals surface area contributed by atoms with E-state index < -0.39 is 0 Å². The molecular weight excluding hydrogens is 320 g/mol. The van der Waals surface area contributed by atoms with Crippen LogP contribution in [0.3, 0.4) is 0 Å². The first kappa shape index (κ1) is 17.9. The Morgan fingerprint density at radius 2 is 1.68 bits per heavy atom. The molecule has 0 saturated carbocycles. The summed E-state index contributed by atoms with van der Waals surface area (Å²) < 4.78 is 4.94. The van der Waals surface area contributed by atoms with Crippen molar-refractivity contribution < 1.29 is 9.53 Å². The van der Waals surface area contributed by atoms with Crippen molar-refractivity contribution in [1.82, 2.24) is 19.8 Å². The number of anilines is 2. The molecule has 1 aromatic rings. The molecule has 0 bridgehead atoms. The lowest BCUT2D eigenvalue weighted by Crippen LogP contribution is -2.50. The largest absolute Gasteiger partial charge is 0.375 e. The van der Waals surface area contributed by atoms with Gasteiger partial charge in [0.05, 0.1) is 0 Å². The molecule has 1 amide bonds. The molecule has 3 rings (SSSR count). The maximum absolute atomic E-state index is 11.9. The summed E-state index contributed by atoms with van der Waals surface area (Å²) in [6.45, 7) is 9.13. The van der Waals surface area contributed by atoms with E-state index in [2.05, 4.69) is 32.8 Å². The number of aromatic nitrogens is 2. The van der Waals surface area contributed by atoms with Gasteiger partial charge < -0.3 is 24.3 Å². The third-order valence-electron chi connectivity index (χ3n) is 4.84. The summed E-state index contributed by atoms with van der Waals surface area (Å²) in [6, 6.07) is 2.06. The number of amides is 1. The molecule has 0 unspecified atom stereocenters. The minimum absolute atomic E-state index is 0.0467. The van der Waals surface area contributed by atoms with E-state index in [0.717, 1.165) is 56.7 Å². The van der Waals surface area contributed by atoms with Crippen LogP contribution in [0.25, 0.3) is 0 Å². The summed E-state index contributed by atoms with van der Waals surface area (Å²) in [7, 11) is 3.70. The second-order valence-electron chi connectivity index (χ2n) is 6.76. The van der Waals surface area contributed by atoms with Gasteiger partial charge in [-0.2, -0.15) is 4.98 Å². The Bertz CT molecular complexity index is 595. The molecule has 2 aliphatic rings. The van der Waals surface area contributed by atoms with Crippen molar-refractivity contribution >= 4 is 17.7 Å². The number of likely N-dealkylation sites (N-methyl/N-ethyl adjacent to an activating group) is 1. The fourth-order valence-corrected chi connectivity index (χ4v) is 3.25. The highest BCUT2D eigenvalue weighted by Gasteiger charge is 2.24. The van der Waals surface area contributed by atoms with E-state index in [1.807, 2.05) is 11.8 Å². The number of hydrogen-bond acceptors (Lipinski definition) is 7. The summed E-state index contributed by atoms with van der Waals surface area (Å²) in [4.78, 5) is 30.0. The van der Waals surface area contributed by atoms with Gasteiger partial charge in [0.2, 0.25) is 11.9 Å². The summed E-state index contributed by atoms with van der Waals surface area (Å²) in [6.07, 6.45) is 0. The molecular formula is C17H28N6O2. The zero-order chi connectivity index (χ0) is 17.8. The van der Waals surface area contributed by atoms with Gasteiger partial charge in [-0.05, 0) is 14.0 Å². The number of aryl methyl sites for hydroxylation is 1. The van der Waals surface area contributed by atoms with Gasteiger partial charge in [0.15, 0.2) is 0 Å². The molecule has 0 spiro atoms. The van der Waals surface area contributed by atoms with Crippen LogP contribution in [-0.4, -0.2) is 98.8 Å². The van der Waals surface area contributed by atoms with Crippen LogP contribution < -0.4 is 9.80 Å². The average molecular weight is 348 g/mol. The van der Waals surface area contributed by atoms with Crippen LogP contribution in [-0.2, 0) is 9.53 Å². The molecule has 2 saturated heterocycles. The van der Waals surface area contributed by atoms with Gasteiger partial charge in [-0.3, -0.25) is 4.79 Å². The van der Waals surface area contributed by atoms with E-state index in [0.29, 0.717) is 13.1 Å². The molecule has 0 aliphatic carbocycles. The van der Waals surface area contributed by atoms with Gasteiger partial charge in [0.25, 0.3) is 0 Å². The smallest absolute Gasteiger partial charge is 0.248 e. The van der Waals surface area contributed by atoms with E-state index in [-0.39, 0.29) is 12.5 Å². The van der Waals surface area contributed by atoms with E-state index in [1.54, 1.807) is 7.11 Å². The molecule has 8 heteroatoms. The van der Waals surface area contributed by atoms with E-state index >= 15 is 0 Å². The molecule has 0 N–H and O–H groups in total. The van der Waals surface area contributed by atoms with Gasteiger partial charge >= 0.3 is 0 Å². The predicted octanol–water partition coefficient (Wildman–Crippen LogP) is -0.168. The molecule has 0 atom stereocenters. The number of carbonyl (C=O) groups excluding carboxylic acids is 1. The molecule has 0 radical (unpaired) electrons. The van der Waals surface area contributed by atoms with Crippen LogP contribution >= 0.6 is 0 Å². The molecule has 3 heterocycles. The first-order valence-electron chi connectivity index (χ1n) is 8.87. The van der Waals surface area contributed by atoms with Crippen LogP contribution in [0, 0.1) is 6.92 Å². The van der Waals surface area contributed by atoms with Crippen LogP contribution in [0.4, 0.5) is 11.8 Å². The van der Waals surface area contributed by atoms with E-state index in [4.69, 9.17) is 9.72 Å². The van der Waals surface area contributed by atoms with Crippen LogP contribution in [0.1, 0.15) is 5.69 Å². The van der Waals surface area contributed by atoms with Gasteiger partial charge in [-0.15, -0.1) is 0 Å². The summed E-state index contributed by atoms with van der Waals surface area (Å²) in [5, 5.41) is 0. The fourth-order valence-electron chi connectivity index (χ4n) is 3.25. The highest BCUT2D eigenvalue weighted by atomic mass is 16.5. The van der Waals surface area contributed by atoms with Crippen molar-refractivity contribution in [2.75, 3.05) is 82.9 Å². The highest BCUT2D eigenvalue weighted by molar-refractivity contribution is 5.77. The minimum Gasteiger partial charge on any atom is -0.375 e. The lowest BCUT2D eigenvalue weighted by molar-refractivity contribution is -0.135. The monoisotopic (exact) mass is 348 g/mol. The van der Waals surface area contributed by atoms with Gasteiger partial charge in [-0.25, -0.2) is 4.98 Å². The Morgan fingerprint density at radius 1 is 1.04 bits per heavy atom. The highest BCUT2D eigenvalue weighted by Crippen LogP contribution is 2.20. The summed E-state index contributed by atoms with van der Waals surface area (Å²) in [5.74, 6) is 1.83. The number of ether oxygens (including phenoxy) is 1. The number of rotatable bonds is 4. The average Bonchev–Trinajstić information content (AvgIpc) is 2.62. The normalized spacial score (nSPS) is 19.4. The maximum atomic E-state index is 11.9. The van der Waals surface area contributed by atoms with Crippen molar-refractivity contribution in [3.05, 3.63) is 11.8 Å². The summed E-state index contributed by atoms with van der Waals surface area (Å²) in [5.41, 5.74) is 0.983. The van der Waals surface area contributed by atoms with Gasteiger partial charge in [0, 0.05) is 71.2 Å². The molecule has 2 aliphatic heterocycles. The van der Waals surface area contributed by atoms with E-state index in [1.165, 1.54) is 0 Å². The van der Waals surface area contributed by atoms with Gasteiger partial charge in [0.1, 0.15) is 12.4 Å². The maximum Gasteiger partial charge on any atom is 0.248 e. The second-order valence-corrected chi connectivity index (χ2v) is 6.76. The first-order valence-corrected chi connectivity index (χ1v) is 8.87. The zero-order valence-corrected chi connectivity index (χ0v) is 15.4. The number of carbonyl (C=O) groups is 1. The van der Waals surface area contributed by atoms with Crippen LogP contribution in [0.5, 0.6) is 0 Å². The fraction of sp³-hybridized carbons (Fsp3) is 0.706. The van der Waals surface area contributed by atoms with Crippen molar-refractivity contribution in [3.8, 4) is 0 Å². The first-order chi connectivity index (χ1) is 12.1. The third kappa shape index (κ3) is 4.38. The molecule has 25 heavy (non-hydrogen) atoms. The van der Waals surface area contributed by atoms with Crippen molar-refractivity contribution in [2.24, 2.45) is 0 Å². The Balaban J connectivity index is 1.66. The SMILES string of the molecule is COCC(=O)N1CCN(c2nc(C)cc(N3CCN(C)CC3)n2)CC1. The molecule has 8 nitrogen and oxygen atoms in total. The number of methoxy groups -OCH3 is 1. The Labute approximate surface area is 149 Å². The molecule has 1 aromatic heterocycles. The van der Waals surface area contributed by atoms with Crippen molar-refractivity contribution in [3.63, 3.8) is 0 Å². The Kier molecular flexibility index (Phi) is 5.70. The Hall–Kier alpha value is -1.93. The van der Waals surface area contributed by atoms with E-state index in [9.17, 15) is 4.79 Å². The molecule has 2 fully saturated rings. The van der Waals surface area contributed by atoms with Crippen LogP contribution in [0.2, 0.25) is 0 Å². The third-order valence-corrected chi connectivity index (χ3v) is 4.84. The standard InChI is InChI=1S/C17H28N6O2/c1-14-12-15(21-6-4-20(2)5-7-21)19-17(18-14)23-10-8-22(9-11-23)16(24)13-25-3/h12H,4-11,13H2,1-3H3. The van der Waals surface area contributed by atoms with Gasteiger partial charge in [-0.1, -0.05) is 0 Å². The minimum atomic E-state index is 0.0467. The van der Waals surface area contributed by atoms with Crippen molar-refractivity contribution in [1.29, 1.82) is 0 Å². The Morgan fingerprint density at radius 3 is 2.32 bits per heavy atom. The lowest BCUT2D eigenvalue weighted by Gasteiger charge is -2.36. The number of piperazine rings is 2. The lowest BCUT2D eigenvalue weighted by atomic mass is 10.3. The topological polar surface area (TPSA) is 65.0 Å². The predicted molar refractivity (Wildman–Crippen MR) is 97.1 cm³/mol. The second kappa shape index (κ2) is 7.97. The zero-order valence-electron chi connectivity index (χ0n) is 15.4. The van der Waals surface area contributed by atoms with Crippen LogP contribution in [0.15, 0.2) is 6.07 Å². The molecule has 0 aromatic carbocycles. The number of hydrogen-bond donors (Lipinski definition) is 0. The van der Waals surface area contributed by atoms with Crippen molar-refractivity contribution in [2.45, 2.75) is 6.92 Å². The summed E-state index contributed by atoms with van der Waals surface area (Å²) >= 11 is 0. The number of nitrogens with zero attached hydrogens (tertiary/aromatic N) is 6. The quantitative estimate of drug-likeness (QED) is 0.749. The molecule has 138 valence electrons.